The summed E-state index contributed by atoms with van der Waals surface area (Å²) in [5.74, 6) is 1.27. The molecule has 17 heavy (non-hydrogen) atoms. The highest BCUT2D eigenvalue weighted by Gasteiger charge is 2.18. The van der Waals surface area contributed by atoms with Crippen LogP contribution in [0, 0.1) is 0 Å². The molecule has 1 atom stereocenters. The van der Waals surface area contributed by atoms with E-state index in [1.165, 1.54) is 36.4 Å². The maximum atomic E-state index is 5.68. The molecule has 2 nitrogen and oxygen atoms in total. The fraction of sp³-hybridized carbons (Fsp3) is 0.571. The van der Waals surface area contributed by atoms with E-state index in [1.807, 2.05) is 0 Å². The molecule has 1 saturated heterocycles. The largest absolute Gasteiger partial charge is 0.326 e. The minimum atomic E-state index is 0.640. The van der Waals surface area contributed by atoms with Crippen molar-refractivity contribution in [3.05, 3.63) is 35.4 Å². The molecule has 1 aromatic carbocycles. The molecule has 0 saturated carbocycles. The van der Waals surface area contributed by atoms with Crippen molar-refractivity contribution in [2.45, 2.75) is 31.7 Å². The standard InChI is InChI=1S/C14H22N2S/c1-2-14-11-16(6-7-17-14)10-13-5-3-4-12(8-13)9-15/h3-5,8,14H,2,6-7,9-11,15H2,1H3. The second-order valence-corrected chi connectivity index (χ2v) is 6.07. The highest BCUT2D eigenvalue weighted by Crippen LogP contribution is 2.22. The Morgan fingerprint density at radius 1 is 1.41 bits per heavy atom. The summed E-state index contributed by atoms with van der Waals surface area (Å²) in [5, 5.41) is 0.821. The zero-order valence-corrected chi connectivity index (χ0v) is 11.4. The summed E-state index contributed by atoms with van der Waals surface area (Å²) in [6.07, 6.45) is 1.28. The van der Waals surface area contributed by atoms with Gasteiger partial charge < -0.3 is 5.73 Å². The molecule has 2 rings (SSSR count). The van der Waals surface area contributed by atoms with Crippen molar-refractivity contribution in [1.82, 2.24) is 4.90 Å². The Balaban J connectivity index is 1.95. The number of rotatable bonds is 4. The predicted molar refractivity (Wildman–Crippen MR) is 76.1 cm³/mol. The van der Waals surface area contributed by atoms with E-state index >= 15 is 0 Å². The van der Waals surface area contributed by atoms with Crippen LogP contribution in [-0.2, 0) is 13.1 Å². The van der Waals surface area contributed by atoms with Gasteiger partial charge in [0.2, 0.25) is 0 Å². The molecule has 1 heterocycles. The molecular weight excluding hydrogens is 228 g/mol. The van der Waals surface area contributed by atoms with Crippen molar-refractivity contribution in [1.29, 1.82) is 0 Å². The van der Waals surface area contributed by atoms with E-state index in [-0.39, 0.29) is 0 Å². The van der Waals surface area contributed by atoms with Crippen LogP contribution in [0.15, 0.2) is 24.3 Å². The van der Waals surface area contributed by atoms with Crippen LogP contribution in [0.3, 0.4) is 0 Å². The quantitative estimate of drug-likeness (QED) is 0.890. The van der Waals surface area contributed by atoms with Crippen LogP contribution in [0.4, 0.5) is 0 Å². The van der Waals surface area contributed by atoms with Gasteiger partial charge in [0.1, 0.15) is 0 Å². The van der Waals surface area contributed by atoms with Crippen LogP contribution in [-0.4, -0.2) is 29.0 Å². The first-order chi connectivity index (χ1) is 8.31. The second-order valence-electron chi connectivity index (χ2n) is 4.66. The minimum absolute atomic E-state index is 0.640. The SMILES string of the molecule is CCC1CN(Cc2cccc(CN)c2)CCS1. The first kappa shape index (κ1) is 12.9. The predicted octanol–water partition coefficient (Wildman–Crippen LogP) is 2.47. The summed E-state index contributed by atoms with van der Waals surface area (Å²) in [5.41, 5.74) is 8.31. The van der Waals surface area contributed by atoms with Gasteiger partial charge in [0.05, 0.1) is 0 Å². The van der Waals surface area contributed by atoms with E-state index < -0.39 is 0 Å². The van der Waals surface area contributed by atoms with E-state index in [0.717, 1.165) is 11.8 Å². The van der Waals surface area contributed by atoms with Gasteiger partial charge in [-0.3, -0.25) is 4.90 Å². The summed E-state index contributed by atoms with van der Waals surface area (Å²) in [6, 6.07) is 8.67. The van der Waals surface area contributed by atoms with Crippen molar-refractivity contribution in [2.75, 3.05) is 18.8 Å². The molecule has 1 unspecified atom stereocenters. The highest BCUT2D eigenvalue weighted by atomic mass is 32.2. The van der Waals surface area contributed by atoms with Gasteiger partial charge in [-0.05, 0) is 17.5 Å². The van der Waals surface area contributed by atoms with E-state index in [0.29, 0.717) is 6.54 Å². The molecule has 2 N–H and O–H groups in total. The molecule has 94 valence electrons. The van der Waals surface area contributed by atoms with Crippen LogP contribution in [0.2, 0.25) is 0 Å². The first-order valence-electron chi connectivity index (χ1n) is 6.43. The Labute approximate surface area is 109 Å². The fourth-order valence-electron chi connectivity index (χ4n) is 2.28. The van der Waals surface area contributed by atoms with Gasteiger partial charge in [0, 0.05) is 37.2 Å². The van der Waals surface area contributed by atoms with Gasteiger partial charge in [-0.25, -0.2) is 0 Å². The van der Waals surface area contributed by atoms with Crippen molar-refractivity contribution in [3.8, 4) is 0 Å². The second kappa shape index (κ2) is 6.43. The number of hydrogen-bond donors (Lipinski definition) is 1. The van der Waals surface area contributed by atoms with Crippen LogP contribution in [0.1, 0.15) is 24.5 Å². The van der Waals surface area contributed by atoms with E-state index in [1.54, 1.807) is 0 Å². The van der Waals surface area contributed by atoms with Gasteiger partial charge in [0.15, 0.2) is 0 Å². The summed E-state index contributed by atoms with van der Waals surface area (Å²) < 4.78 is 0. The van der Waals surface area contributed by atoms with Gasteiger partial charge in [-0.15, -0.1) is 0 Å². The maximum Gasteiger partial charge on any atom is 0.0234 e. The van der Waals surface area contributed by atoms with Crippen molar-refractivity contribution < 1.29 is 0 Å². The molecule has 0 radical (unpaired) electrons. The van der Waals surface area contributed by atoms with Crippen molar-refractivity contribution >= 4 is 11.8 Å². The van der Waals surface area contributed by atoms with Crippen molar-refractivity contribution in [3.63, 3.8) is 0 Å². The zero-order valence-electron chi connectivity index (χ0n) is 10.6. The summed E-state index contributed by atoms with van der Waals surface area (Å²) in [4.78, 5) is 2.57. The molecule has 1 aliphatic rings. The van der Waals surface area contributed by atoms with Crippen LogP contribution in [0.25, 0.3) is 0 Å². The summed E-state index contributed by atoms with van der Waals surface area (Å²) in [7, 11) is 0. The molecule has 3 heteroatoms. The molecule has 0 spiro atoms. The van der Waals surface area contributed by atoms with E-state index in [9.17, 15) is 0 Å². The normalized spacial score (nSPS) is 21.6. The lowest BCUT2D eigenvalue weighted by Gasteiger charge is -2.31. The fourth-order valence-corrected chi connectivity index (χ4v) is 3.53. The number of nitrogens with zero attached hydrogens (tertiary/aromatic N) is 1. The van der Waals surface area contributed by atoms with Crippen LogP contribution < -0.4 is 5.73 Å². The van der Waals surface area contributed by atoms with E-state index in [4.69, 9.17) is 5.73 Å². The third kappa shape index (κ3) is 3.73. The Kier molecular flexibility index (Phi) is 4.89. The van der Waals surface area contributed by atoms with Crippen LogP contribution in [0.5, 0.6) is 0 Å². The van der Waals surface area contributed by atoms with Gasteiger partial charge in [0.25, 0.3) is 0 Å². The first-order valence-corrected chi connectivity index (χ1v) is 7.48. The number of thioether (sulfide) groups is 1. The smallest absolute Gasteiger partial charge is 0.0234 e. The molecule has 0 bridgehead atoms. The Bertz CT molecular complexity index is 354. The summed E-state index contributed by atoms with van der Waals surface area (Å²) >= 11 is 2.12. The molecule has 0 amide bonds. The topological polar surface area (TPSA) is 29.3 Å². The number of hydrogen-bond acceptors (Lipinski definition) is 3. The average Bonchev–Trinajstić information content (AvgIpc) is 2.39. The Morgan fingerprint density at radius 3 is 3.00 bits per heavy atom. The lowest BCUT2D eigenvalue weighted by Crippen LogP contribution is -2.37. The Morgan fingerprint density at radius 2 is 2.24 bits per heavy atom. The monoisotopic (exact) mass is 250 g/mol. The molecule has 0 aromatic heterocycles. The van der Waals surface area contributed by atoms with Gasteiger partial charge in [-0.2, -0.15) is 11.8 Å². The molecular formula is C14H22N2S. The third-order valence-electron chi connectivity index (χ3n) is 3.31. The number of nitrogens with two attached hydrogens (primary N) is 1. The minimum Gasteiger partial charge on any atom is -0.326 e. The maximum absolute atomic E-state index is 5.68. The third-order valence-corrected chi connectivity index (χ3v) is 4.68. The van der Waals surface area contributed by atoms with Gasteiger partial charge >= 0.3 is 0 Å². The molecule has 1 aliphatic heterocycles. The van der Waals surface area contributed by atoms with Crippen molar-refractivity contribution in [2.24, 2.45) is 5.73 Å². The van der Waals surface area contributed by atoms with E-state index in [2.05, 4.69) is 47.9 Å². The van der Waals surface area contributed by atoms with Crippen LogP contribution >= 0.6 is 11.8 Å². The lowest BCUT2D eigenvalue weighted by atomic mass is 10.1. The highest BCUT2D eigenvalue weighted by molar-refractivity contribution is 8.00. The lowest BCUT2D eigenvalue weighted by molar-refractivity contribution is 0.273. The zero-order chi connectivity index (χ0) is 12.1. The summed E-state index contributed by atoms with van der Waals surface area (Å²) in [6.45, 7) is 6.45. The molecule has 1 aromatic rings. The average molecular weight is 250 g/mol. The molecule has 1 fully saturated rings. The molecule has 0 aliphatic carbocycles. The Hall–Kier alpha value is -0.510. The number of benzene rings is 1. The van der Waals surface area contributed by atoms with Gasteiger partial charge in [-0.1, -0.05) is 31.2 Å².